The number of anilines is 1. The summed E-state index contributed by atoms with van der Waals surface area (Å²) in [5, 5.41) is 1.94. The van der Waals surface area contributed by atoms with Crippen LogP contribution in [-0.2, 0) is 0 Å². The Bertz CT molecular complexity index is 758. The molecule has 0 aliphatic rings. The first kappa shape index (κ1) is 10.5. The third-order valence-electron chi connectivity index (χ3n) is 2.18. The van der Waals surface area contributed by atoms with E-state index in [2.05, 4.69) is 35.9 Å². The lowest BCUT2D eigenvalue weighted by Crippen LogP contribution is -2.10. The molecule has 0 unspecified atom stereocenters. The molecule has 0 saturated carbocycles. The van der Waals surface area contributed by atoms with Crippen LogP contribution in [0.5, 0.6) is 0 Å². The Morgan fingerprint density at radius 3 is 2.88 bits per heavy atom. The normalized spacial score (nSPS) is 11.1. The minimum Gasteiger partial charge on any atom is -0.369 e. The Labute approximate surface area is 107 Å². The molecule has 3 heterocycles. The van der Waals surface area contributed by atoms with Crippen LogP contribution in [-0.4, -0.2) is 19.9 Å². The second-order valence-electron chi connectivity index (χ2n) is 3.36. The predicted octanol–water partition coefficient (Wildman–Crippen LogP) is 1.72. The highest BCUT2D eigenvalue weighted by atomic mass is 79.9. The van der Waals surface area contributed by atoms with Gasteiger partial charge < -0.3 is 10.7 Å². The van der Waals surface area contributed by atoms with Gasteiger partial charge in [-0.25, -0.2) is 4.98 Å². The minimum atomic E-state index is -0.318. The van der Waals surface area contributed by atoms with E-state index in [1.165, 1.54) is 11.3 Å². The quantitative estimate of drug-likeness (QED) is 0.637. The summed E-state index contributed by atoms with van der Waals surface area (Å²) >= 11 is 4.88. The van der Waals surface area contributed by atoms with Crippen LogP contribution in [0.4, 0.5) is 5.95 Å². The second kappa shape index (κ2) is 3.67. The van der Waals surface area contributed by atoms with Gasteiger partial charge in [-0.2, -0.15) is 4.98 Å². The lowest BCUT2D eigenvalue weighted by molar-refractivity contribution is 1.17. The fourth-order valence-corrected chi connectivity index (χ4v) is 2.85. The highest BCUT2D eigenvalue weighted by Crippen LogP contribution is 2.28. The average molecular weight is 312 g/mol. The summed E-state index contributed by atoms with van der Waals surface area (Å²) in [6.45, 7) is 0. The molecule has 17 heavy (non-hydrogen) atoms. The molecule has 0 aliphatic heterocycles. The molecule has 86 valence electrons. The van der Waals surface area contributed by atoms with Gasteiger partial charge in [0.25, 0.3) is 5.56 Å². The van der Waals surface area contributed by atoms with Gasteiger partial charge in [0.15, 0.2) is 17.0 Å². The first-order chi connectivity index (χ1) is 8.13. The monoisotopic (exact) mass is 311 g/mol. The maximum Gasteiger partial charge on any atom is 0.278 e. The van der Waals surface area contributed by atoms with Crippen molar-refractivity contribution in [2.75, 3.05) is 5.73 Å². The Kier molecular flexibility index (Phi) is 2.26. The first-order valence-corrected chi connectivity index (χ1v) is 6.30. The molecule has 3 aromatic rings. The van der Waals surface area contributed by atoms with Gasteiger partial charge in [-0.3, -0.25) is 9.78 Å². The Morgan fingerprint density at radius 1 is 1.35 bits per heavy atom. The van der Waals surface area contributed by atoms with Crippen molar-refractivity contribution in [2.24, 2.45) is 0 Å². The number of H-pyrrole nitrogens is 2. The standard InChI is InChI=1S/C9H6BrN5OS/c10-3-1-4(17-2-3)6-12-5-7(13-6)14-9(11)15-8(5)16/h1-2H,(H4,11,12,13,14,15,16). The Hall–Kier alpha value is -1.67. The van der Waals surface area contributed by atoms with Crippen LogP contribution in [0.25, 0.3) is 21.9 Å². The molecule has 0 bridgehead atoms. The van der Waals surface area contributed by atoms with E-state index in [1.807, 2.05) is 11.4 Å². The zero-order valence-corrected chi connectivity index (χ0v) is 10.7. The number of nitrogens with one attached hydrogen (secondary N) is 2. The van der Waals surface area contributed by atoms with E-state index in [0.29, 0.717) is 17.0 Å². The minimum absolute atomic E-state index is 0.0629. The molecule has 0 fully saturated rings. The Balaban J connectivity index is 2.27. The van der Waals surface area contributed by atoms with Crippen molar-refractivity contribution >= 4 is 44.4 Å². The number of nitrogens with zero attached hydrogens (tertiary/aromatic N) is 2. The number of halogens is 1. The molecule has 8 heteroatoms. The lowest BCUT2D eigenvalue weighted by atomic mass is 10.4. The molecule has 0 radical (unpaired) electrons. The number of thiophene rings is 1. The molecular weight excluding hydrogens is 306 g/mol. The maximum absolute atomic E-state index is 11.6. The van der Waals surface area contributed by atoms with Crippen molar-refractivity contribution < 1.29 is 0 Å². The molecule has 0 atom stereocenters. The van der Waals surface area contributed by atoms with E-state index < -0.39 is 0 Å². The lowest BCUT2D eigenvalue weighted by Gasteiger charge is -1.89. The van der Waals surface area contributed by atoms with E-state index in [-0.39, 0.29) is 11.5 Å². The zero-order valence-electron chi connectivity index (χ0n) is 8.32. The third-order valence-corrected chi connectivity index (χ3v) is 3.88. The van der Waals surface area contributed by atoms with Gasteiger partial charge in [0, 0.05) is 9.85 Å². The van der Waals surface area contributed by atoms with E-state index in [1.54, 1.807) is 0 Å². The number of nitrogens with two attached hydrogens (primary N) is 1. The van der Waals surface area contributed by atoms with E-state index >= 15 is 0 Å². The molecule has 6 nitrogen and oxygen atoms in total. The molecule has 0 saturated heterocycles. The largest absolute Gasteiger partial charge is 0.369 e. The summed E-state index contributed by atoms with van der Waals surface area (Å²) in [6, 6.07) is 1.92. The number of aromatic amines is 2. The smallest absolute Gasteiger partial charge is 0.278 e. The van der Waals surface area contributed by atoms with Crippen molar-refractivity contribution in [3.05, 3.63) is 26.3 Å². The fraction of sp³-hybridized carbons (Fsp3) is 0. The summed E-state index contributed by atoms with van der Waals surface area (Å²) in [4.78, 5) is 26.1. The summed E-state index contributed by atoms with van der Waals surface area (Å²) < 4.78 is 0.972. The van der Waals surface area contributed by atoms with Crippen LogP contribution in [0.2, 0.25) is 0 Å². The van der Waals surface area contributed by atoms with E-state index in [9.17, 15) is 4.79 Å². The zero-order chi connectivity index (χ0) is 12.0. The van der Waals surface area contributed by atoms with Crippen molar-refractivity contribution in [1.29, 1.82) is 0 Å². The number of aromatic nitrogens is 4. The van der Waals surface area contributed by atoms with Crippen molar-refractivity contribution in [3.63, 3.8) is 0 Å². The van der Waals surface area contributed by atoms with Crippen molar-refractivity contribution in [3.8, 4) is 10.7 Å². The topological polar surface area (TPSA) is 100 Å². The molecule has 0 aromatic carbocycles. The summed E-state index contributed by atoms with van der Waals surface area (Å²) in [7, 11) is 0. The molecule has 0 spiro atoms. The summed E-state index contributed by atoms with van der Waals surface area (Å²) in [5.41, 5.74) is 5.79. The number of fused-ring (bicyclic) bond motifs is 1. The predicted molar refractivity (Wildman–Crippen MR) is 69.9 cm³/mol. The number of hydrogen-bond acceptors (Lipinski definition) is 5. The van der Waals surface area contributed by atoms with Crippen LogP contribution in [0.15, 0.2) is 20.7 Å². The van der Waals surface area contributed by atoms with Gasteiger partial charge in [-0.15, -0.1) is 11.3 Å². The van der Waals surface area contributed by atoms with Gasteiger partial charge in [-0.1, -0.05) is 0 Å². The van der Waals surface area contributed by atoms with Crippen LogP contribution < -0.4 is 11.3 Å². The summed E-state index contributed by atoms with van der Waals surface area (Å²) in [5.74, 6) is 0.673. The second-order valence-corrected chi connectivity index (χ2v) is 5.19. The van der Waals surface area contributed by atoms with Crippen molar-refractivity contribution in [1.82, 2.24) is 19.9 Å². The van der Waals surface area contributed by atoms with Gasteiger partial charge in [0.2, 0.25) is 5.95 Å². The SMILES string of the molecule is Nc1nc2nc(-c3cc(Br)cs3)[nH]c2c(=O)[nH]1. The number of imidazole rings is 1. The van der Waals surface area contributed by atoms with Crippen molar-refractivity contribution in [2.45, 2.75) is 0 Å². The van der Waals surface area contributed by atoms with Crippen LogP contribution >= 0.6 is 27.3 Å². The number of rotatable bonds is 1. The Morgan fingerprint density at radius 2 is 2.18 bits per heavy atom. The number of nitrogen functional groups attached to an aromatic ring is 1. The maximum atomic E-state index is 11.6. The average Bonchev–Trinajstić information content (AvgIpc) is 2.83. The van der Waals surface area contributed by atoms with Gasteiger partial charge >= 0.3 is 0 Å². The highest BCUT2D eigenvalue weighted by Gasteiger charge is 2.11. The summed E-state index contributed by atoms with van der Waals surface area (Å²) in [6.07, 6.45) is 0. The highest BCUT2D eigenvalue weighted by molar-refractivity contribution is 9.10. The van der Waals surface area contributed by atoms with E-state index in [0.717, 1.165) is 9.35 Å². The van der Waals surface area contributed by atoms with Gasteiger partial charge in [0.05, 0.1) is 4.88 Å². The third kappa shape index (κ3) is 1.75. The van der Waals surface area contributed by atoms with Crippen LogP contribution in [0.3, 0.4) is 0 Å². The molecular formula is C9H6BrN5OS. The number of hydrogen-bond donors (Lipinski definition) is 3. The first-order valence-electron chi connectivity index (χ1n) is 4.63. The fourth-order valence-electron chi connectivity index (χ4n) is 1.48. The molecule has 0 aliphatic carbocycles. The molecule has 4 N–H and O–H groups in total. The molecule has 3 aromatic heterocycles. The molecule has 0 amide bonds. The molecule has 3 rings (SSSR count). The van der Waals surface area contributed by atoms with Crippen LogP contribution in [0, 0.1) is 0 Å². The van der Waals surface area contributed by atoms with Gasteiger partial charge in [0.1, 0.15) is 0 Å². The van der Waals surface area contributed by atoms with Crippen LogP contribution in [0.1, 0.15) is 0 Å². The van der Waals surface area contributed by atoms with E-state index in [4.69, 9.17) is 5.73 Å². The van der Waals surface area contributed by atoms with Gasteiger partial charge in [-0.05, 0) is 22.0 Å².